The lowest BCUT2D eigenvalue weighted by Gasteiger charge is -2.00. The molecule has 0 fully saturated rings. The molecule has 1 aliphatic heterocycles. The zero-order valence-electron chi connectivity index (χ0n) is 6.18. The Bertz CT molecular complexity index is 327. The number of nitrogens with two attached hydrogens (primary N) is 1. The summed E-state index contributed by atoms with van der Waals surface area (Å²) in [6.07, 6.45) is 0. The molecule has 64 valence electrons. The maximum absolute atomic E-state index is 12.7. The maximum atomic E-state index is 12.7. The van der Waals surface area contributed by atoms with Gasteiger partial charge in [0.1, 0.15) is 12.4 Å². The van der Waals surface area contributed by atoms with E-state index in [2.05, 4.69) is 0 Å². The molecule has 0 radical (unpaired) electrons. The molecule has 1 aliphatic rings. The fourth-order valence-corrected chi connectivity index (χ4v) is 1.23. The Hall–Kier alpha value is -1.16. The molecule has 2 rings (SSSR count). The third-order valence-corrected chi connectivity index (χ3v) is 1.87. The molecule has 0 spiro atoms. The van der Waals surface area contributed by atoms with Gasteiger partial charge in [-0.15, -0.1) is 0 Å². The molecular formula is C8H7F2NO. The van der Waals surface area contributed by atoms with Crippen LogP contribution in [-0.2, 0) is 0 Å². The van der Waals surface area contributed by atoms with Crippen molar-refractivity contribution in [2.45, 2.75) is 6.04 Å². The first-order valence-electron chi connectivity index (χ1n) is 3.56. The molecule has 0 aromatic heterocycles. The van der Waals surface area contributed by atoms with Crippen LogP contribution in [-0.4, -0.2) is 6.61 Å². The van der Waals surface area contributed by atoms with Gasteiger partial charge in [-0.25, -0.2) is 8.78 Å². The number of benzene rings is 1. The lowest BCUT2D eigenvalue weighted by molar-refractivity contribution is 0.331. The van der Waals surface area contributed by atoms with Crippen LogP contribution >= 0.6 is 0 Å². The maximum Gasteiger partial charge on any atom is 0.162 e. The highest BCUT2D eigenvalue weighted by Crippen LogP contribution is 2.32. The molecule has 0 saturated heterocycles. The first-order valence-corrected chi connectivity index (χ1v) is 3.56. The molecule has 1 aromatic carbocycles. The molecule has 1 heterocycles. The van der Waals surface area contributed by atoms with Gasteiger partial charge in [0.25, 0.3) is 0 Å². The number of hydrogen-bond donors (Lipinski definition) is 1. The summed E-state index contributed by atoms with van der Waals surface area (Å²) in [7, 11) is 0. The summed E-state index contributed by atoms with van der Waals surface area (Å²) in [6, 6.07) is 1.77. The van der Waals surface area contributed by atoms with Crippen LogP contribution in [0.4, 0.5) is 8.78 Å². The molecule has 0 unspecified atom stereocenters. The van der Waals surface area contributed by atoms with Crippen molar-refractivity contribution < 1.29 is 13.5 Å². The SMILES string of the molecule is N[C@H]1COc2cc(F)c(F)cc21. The van der Waals surface area contributed by atoms with Crippen molar-refractivity contribution in [2.75, 3.05) is 6.61 Å². The first-order chi connectivity index (χ1) is 5.68. The van der Waals surface area contributed by atoms with E-state index in [1.54, 1.807) is 0 Å². The van der Waals surface area contributed by atoms with E-state index in [1.807, 2.05) is 0 Å². The Morgan fingerprint density at radius 3 is 2.75 bits per heavy atom. The van der Waals surface area contributed by atoms with Crippen LogP contribution in [0.5, 0.6) is 5.75 Å². The number of hydrogen-bond acceptors (Lipinski definition) is 2. The van der Waals surface area contributed by atoms with E-state index in [4.69, 9.17) is 10.5 Å². The van der Waals surface area contributed by atoms with Crippen LogP contribution in [0.15, 0.2) is 12.1 Å². The van der Waals surface area contributed by atoms with E-state index in [-0.39, 0.29) is 12.6 Å². The molecule has 0 saturated carbocycles. The molecule has 1 aromatic rings. The number of halogens is 2. The zero-order valence-corrected chi connectivity index (χ0v) is 6.18. The summed E-state index contributed by atoms with van der Waals surface area (Å²) >= 11 is 0. The van der Waals surface area contributed by atoms with Crippen molar-refractivity contribution in [1.29, 1.82) is 0 Å². The molecule has 0 amide bonds. The van der Waals surface area contributed by atoms with Gasteiger partial charge in [0.15, 0.2) is 11.6 Å². The number of fused-ring (bicyclic) bond motifs is 1. The van der Waals surface area contributed by atoms with Gasteiger partial charge in [0, 0.05) is 11.6 Å². The van der Waals surface area contributed by atoms with E-state index in [1.165, 1.54) is 0 Å². The minimum atomic E-state index is -0.900. The van der Waals surface area contributed by atoms with Crippen LogP contribution in [0, 0.1) is 11.6 Å². The summed E-state index contributed by atoms with van der Waals surface area (Å²) in [6.45, 7) is 0.290. The number of ether oxygens (including phenoxy) is 1. The fourth-order valence-electron chi connectivity index (χ4n) is 1.23. The smallest absolute Gasteiger partial charge is 0.162 e. The average Bonchev–Trinajstić information content (AvgIpc) is 2.35. The first kappa shape index (κ1) is 7.49. The highest BCUT2D eigenvalue weighted by atomic mass is 19.2. The molecule has 1 atom stereocenters. The van der Waals surface area contributed by atoms with Crippen molar-refractivity contribution in [2.24, 2.45) is 5.73 Å². The monoisotopic (exact) mass is 171 g/mol. The minimum absolute atomic E-state index is 0.290. The van der Waals surface area contributed by atoms with Gasteiger partial charge in [-0.05, 0) is 6.07 Å². The van der Waals surface area contributed by atoms with Gasteiger partial charge in [-0.3, -0.25) is 0 Å². The van der Waals surface area contributed by atoms with E-state index in [0.29, 0.717) is 11.3 Å². The van der Waals surface area contributed by atoms with Crippen LogP contribution in [0.1, 0.15) is 11.6 Å². The Morgan fingerprint density at radius 1 is 1.33 bits per heavy atom. The second-order valence-electron chi connectivity index (χ2n) is 2.72. The lowest BCUT2D eigenvalue weighted by atomic mass is 10.1. The van der Waals surface area contributed by atoms with Crippen LogP contribution in [0.25, 0.3) is 0 Å². The Kier molecular flexibility index (Phi) is 1.51. The Balaban J connectivity index is 2.56. The van der Waals surface area contributed by atoms with E-state index in [0.717, 1.165) is 12.1 Å². The molecule has 4 heteroatoms. The largest absolute Gasteiger partial charge is 0.491 e. The quantitative estimate of drug-likeness (QED) is 0.639. The van der Waals surface area contributed by atoms with Crippen molar-refractivity contribution in [1.82, 2.24) is 0 Å². The van der Waals surface area contributed by atoms with Gasteiger partial charge in [0.2, 0.25) is 0 Å². The molecule has 2 nitrogen and oxygen atoms in total. The van der Waals surface area contributed by atoms with E-state index >= 15 is 0 Å². The standard InChI is InChI=1S/C8H7F2NO/c9-5-1-4-7(11)3-12-8(4)2-6(5)10/h1-2,7H,3,11H2/t7-/m0/s1. The predicted molar refractivity (Wildman–Crippen MR) is 38.8 cm³/mol. The van der Waals surface area contributed by atoms with Crippen molar-refractivity contribution >= 4 is 0 Å². The zero-order chi connectivity index (χ0) is 8.72. The second-order valence-corrected chi connectivity index (χ2v) is 2.72. The van der Waals surface area contributed by atoms with Crippen LogP contribution in [0.2, 0.25) is 0 Å². The van der Waals surface area contributed by atoms with E-state index < -0.39 is 11.6 Å². The normalized spacial score (nSPS) is 20.4. The summed E-state index contributed by atoms with van der Waals surface area (Å²) in [4.78, 5) is 0. The lowest BCUT2D eigenvalue weighted by Crippen LogP contribution is -2.10. The van der Waals surface area contributed by atoms with E-state index in [9.17, 15) is 8.78 Å². The topological polar surface area (TPSA) is 35.2 Å². The summed E-state index contributed by atoms with van der Waals surface area (Å²) in [5.74, 6) is -1.43. The Labute approximate surface area is 67.9 Å². The number of rotatable bonds is 0. The van der Waals surface area contributed by atoms with Crippen LogP contribution in [0.3, 0.4) is 0 Å². The average molecular weight is 171 g/mol. The Morgan fingerprint density at radius 2 is 2.00 bits per heavy atom. The van der Waals surface area contributed by atoms with Crippen LogP contribution < -0.4 is 10.5 Å². The molecule has 0 bridgehead atoms. The third kappa shape index (κ3) is 0.956. The van der Waals surface area contributed by atoms with Crippen molar-refractivity contribution in [3.05, 3.63) is 29.3 Å². The van der Waals surface area contributed by atoms with Crippen molar-refractivity contribution in [3.63, 3.8) is 0 Å². The molecule has 12 heavy (non-hydrogen) atoms. The summed E-state index contributed by atoms with van der Waals surface area (Å²) < 4.78 is 30.3. The van der Waals surface area contributed by atoms with Gasteiger partial charge in [-0.1, -0.05) is 0 Å². The molecule has 2 N–H and O–H groups in total. The minimum Gasteiger partial charge on any atom is -0.491 e. The van der Waals surface area contributed by atoms with Gasteiger partial charge < -0.3 is 10.5 Å². The third-order valence-electron chi connectivity index (χ3n) is 1.87. The highest BCUT2D eigenvalue weighted by molar-refractivity contribution is 5.40. The summed E-state index contributed by atoms with van der Waals surface area (Å²) in [5.41, 5.74) is 6.09. The fraction of sp³-hybridized carbons (Fsp3) is 0.250. The molecule has 0 aliphatic carbocycles. The van der Waals surface area contributed by atoms with Gasteiger partial charge >= 0.3 is 0 Å². The van der Waals surface area contributed by atoms with Gasteiger partial charge in [-0.2, -0.15) is 0 Å². The highest BCUT2D eigenvalue weighted by Gasteiger charge is 2.22. The van der Waals surface area contributed by atoms with Gasteiger partial charge in [0.05, 0.1) is 6.04 Å². The second kappa shape index (κ2) is 2.42. The summed E-state index contributed by atoms with van der Waals surface area (Å²) in [5, 5.41) is 0. The molecular weight excluding hydrogens is 164 g/mol. The predicted octanol–water partition coefficient (Wildman–Crippen LogP) is 1.36. The van der Waals surface area contributed by atoms with Crippen molar-refractivity contribution in [3.8, 4) is 5.75 Å².